The van der Waals surface area contributed by atoms with E-state index < -0.39 is 0 Å². The van der Waals surface area contributed by atoms with Crippen LogP contribution in [0.4, 0.5) is 11.4 Å². The first-order valence-electron chi connectivity index (χ1n) is 5.03. The minimum atomic E-state index is 0.151. The van der Waals surface area contributed by atoms with E-state index in [1.165, 1.54) is 0 Å². The minimum absolute atomic E-state index is 0.151. The average Bonchev–Trinajstić information content (AvgIpc) is 2.60. The number of nitrogens with two attached hydrogens (primary N) is 1. The number of nitrogens with zero attached hydrogens (tertiary/aromatic N) is 1. The summed E-state index contributed by atoms with van der Waals surface area (Å²) in [7, 11) is 0. The third-order valence-electron chi connectivity index (χ3n) is 2.70. The standard InChI is InChI=1S/C11H12Br2N2O/c12-5-7-3-11(16)15(6-7)10-2-1-8(13)4-9(10)14/h1-2,4,7H,3,5-6,14H2. The summed E-state index contributed by atoms with van der Waals surface area (Å²) < 4.78 is 0.928. The van der Waals surface area contributed by atoms with Gasteiger partial charge in [-0.1, -0.05) is 31.9 Å². The zero-order valence-electron chi connectivity index (χ0n) is 8.62. The van der Waals surface area contributed by atoms with Crippen molar-refractivity contribution in [1.29, 1.82) is 0 Å². The Balaban J connectivity index is 2.28. The third-order valence-corrected chi connectivity index (χ3v) is 4.11. The molecule has 1 aliphatic rings. The number of amides is 1. The average molecular weight is 348 g/mol. The zero-order chi connectivity index (χ0) is 11.7. The van der Waals surface area contributed by atoms with Crippen molar-refractivity contribution in [3.8, 4) is 0 Å². The molecule has 1 aromatic rings. The van der Waals surface area contributed by atoms with E-state index in [9.17, 15) is 4.79 Å². The predicted octanol–water partition coefficient (Wildman–Crippen LogP) is 2.78. The largest absolute Gasteiger partial charge is 0.397 e. The first kappa shape index (κ1) is 11.9. The Kier molecular flexibility index (Phi) is 3.54. The lowest BCUT2D eigenvalue weighted by atomic mass is 10.2. The van der Waals surface area contributed by atoms with E-state index in [1.54, 1.807) is 4.90 Å². The quantitative estimate of drug-likeness (QED) is 0.660. The maximum atomic E-state index is 11.8. The van der Waals surface area contributed by atoms with Crippen LogP contribution in [0.1, 0.15) is 6.42 Å². The Morgan fingerprint density at radius 3 is 2.81 bits per heavy atom. The number of halogens is 2. The number of carbonyl (C=O) groups is 1. The molecule has 0 bridgehead atoms. The second kappa shape index (κ2) is 4.75. The SMILES string of the molecule is Nc1cc(Br)ccc1N1CC(CBr)CC1=O. The van der Waals surface area contributed by atoms with Crippen LogP contribution < -0.4 is 10.6 Å². The Morgan fingerprint density at radius 2 is 2.25 bits per heavy atom. The molecule has 1 aliphatic heterocycles. The second-order valence-electron chi connectivity index (χ2n) is 3.93. The van der Waals surface area contributed by atoms with Gasteiger partial charge in [0.2, 0.25) is 5.91 Å². The van der Waals surface area contributed by atoms with Crippen molar-refractivity contribution in [3.63, 3.8) is 0 Å². The van der Waals surface area contributed by atoms with Gasteiger partial charge in [-0.15, -0.1) is 0 Å². The molecule has 0 aliphatic carbocycles. The van der Waals surface area contributed by atoms with Crippen LogP contribution in [0, 0.1) is 5.92 Å². The van der Waals surface area contributed by atoms with E-state index in [2.05, 4.69) is 31.9 Å². The number of rotatable bonds is 2. The highest BCUT2D eigenvalue weighted by Crippen LogP contribution is 2.32. The maximum absolute atomic E-state index is 11.8. The molecule has 1 atom stereocenters. The highest BCUT2D eigenvalue weighted by atomic mass is 79.9. The van der Waals surface area contributed by atoms with E-state index >= 15 is 0 Å². The lowest BCUT2D eigenvalue weighted by molar-refractivity contribution is -0.117. The van der Waals surface area contributed by atoms with E-state index in [4.69, 9.17) is 5.73 Å². The molecule has 0 aromatic heterocycles. The smallest absolute Gasteiger partial charge is 0.227 e. The number of carbonyl (C=O) groups excluding carboxylic acids is 1. The lowest BCUT2D eigenvalue weighted by Gasteiger charge is -2.18. The Bertz CT molecular complexity index is 422. The number of nitrogen functional groups attached to an aromatic ring is 1. The van der Waals surface area contributed by atoms with Gasteiger partial charge in [0.1, 0.15) is 0 Å². The number of hydrogen-bond acceptors (Lipinski definition) is 2. The first-order chi connectivity index (χ1) is 7.61. The Hall–Kier alpha value is -0.550. The van der Waals surface area contributed by atoms with Crippen molar-refractivity contribution in [1.82, 2.24) is 0 Å². The van der Waals surface area contributed by atoms with E-state index in [-0.39, 0.29) is 5.91 Å². The highest BCUT2D eigenvalue weighted by molar-refractivity contribution is 9.10. The molecule has 16 heavy (non-hydrogen) atoms. The molecule has 1 heterocycles. The van der Waals surface area contributed by atoms with Crippen LogP contribution in [0.25, 0.3) is 0 Å². The van der Waals surface area contributed by atoms with Crippen LogP contribution in [0.2, 0.25) is 0 Å². The van der Waals surface area contributed by atoms with Gasteiger partial charge in [0.15, 0.2) is 0 Å². The fourth-order valence-corrected chi connectivity index (χ4v) is 2.70. The highest BCUT2D eigenvalue weighted by Gasteiger charge is 2.30. The molecule has 86 valence electrons. The summed E-state index contributed by atoms with van der Waals surface area (Å²) in [6, 6.07) is 5.61. The van der Waals surface area contributed by atoms with Gasteiger partial charge in [-0.05, 0) is 24.1 Å². The molecule has 1 saturated heterocycles. The third kappa shape index (κ3) is 2.25. The zero-order valence-corrected chi connectivity index (χ0v) is 11.8. The summed E-state index contributed by atoms with van der Waals surface area (Å²) in [4.78, 5) is 13.6. The molecule has 1 aromatic carbocycles. The van der Waals surface area contributed by atoms with Gasteiger partial charge in [-0.2, -0.15) is 0 Å². The monoisotopic (exact) mass is 346 g/mol. The molecule has 1 amide bonds. The molecule has 3 nitrogen and oxygen atoms in total. The summed E-state index contributed by atoms with van der Waals surface area (Å²) in [6.07, 6.45) is 0.598. The van der Waals surface area contributed by atoms with E-state index in [1.807, 2.05) is 18.2 Å². The number of alkyl halides is 1. The number of anilines is 2. The summed E-state index contributed by atoms with van der Waals surface area (Å²) >= 11 is 6.77. The van der Waals surface area contributed by atoms with Gasteiger partial charge in [0, 0.05) is 22.8 Å². The minimum Gasteiger partial charge on any atom is -0.397 e. The van der Waals surface area contributed by atoms with Crippen LogP contribution in [0.3, 0.4) is 0 Å². The summed E-state index contributed by atoms with van der Waals surface area (Å²) in [5.41, 5.74) is 7.37. The number of hydrogen-bond donors (Lipinski definition) is 1. The van der Waals surface area contributed by atoms with Crippen LogP contribution in [0.5, 0.6) is 0 Å². The van der Waals surface area contributed by atoms with Gasteiger partial charge in [-0.3, -0.25) is 4.79 Å². The van der Waals surface area contributed by atoms with Crippen molar-refractivity contribution < 1.29 is 4.79 Å². The van der Waals surface area contributed by atoms with Crippen molar-refractivity contribution in [2.75, 3.05) is 22.5 Å². The molecule has 0 saturated carbocycles. The first-order valence-corrected chi connectivity index (χ1v) is 6.94. The molecule has 1 fully saturated rings. The van der Waals surface area contributed by atoms with Crippen molar-refractivity contribution in [2.24, 2.45) is 5.92 Å². The molecule has 2 rings (SSSR count). The van der Waals surface area contributed by atoms with Gasteiger partial charge in [0.25, 0.3) is 0 Å². The fourth-order valence-electron chi connectivity index (χ4n) is 1.89. The lowest BCUT2D eigenvalue weighted by Crippen LogP contribution is -2.25. The second-order valence-corrected chi connectivity index (χ2v) is 5.50. The van der Waals surface area contributed by atoms with Gasteiger partial charge < -0.3 is 10.6 Å². The fraction of sp³-hybridized carbons (Fsp3) is 0.364. The van der Waals surface area contributed by atoms with Crippen LogP contribution in [-0.4, -0.2) is 17.8 Å². The summed E-state index contributed by atoms with van der Waals surface area (Å²) in [5.74, 6) is 0.536. The molecular formula is C11H12Br2N2O. The Labute approximate surface area is 111 Å². The molecule has 0 spiro atoms. The molecule has 2 N–H and O–H groups in total. The van der Waals surface area contributed by atoms with Crippen LogP contribution in [0.15, 0.2) is 22.7 Å². The van der Waals surface area contributed by atoms with Gasteiger partial charge in [-0.25, -0.2) is 0 Å². The molecule has 0 radical (unpaired) electrons. The molecule has 5 heteroatoms. The van der Waals surface area contributed by atoms with Crippen molar-refractivity contribution in [2.45, 2.75) is 6.42 Å². The Morgan fingerprint density at radius 1 is 1.50 bits per heavy atom. The van der Waals surface area contributed by atoms with Crippen molar-refractivity contribution >= 4 is 49.1 Å². The normalized spacial score (nSPS) is 20.5. The maximum Gasteiger partial charge on any atom is 0.227 e. The van der Waals surface area contributed by atoms with Gasteiger partial charge in [0.05, 0.1) is 11.4 Å². The van der Waals surface area contributed by atoms with Crippen molar-refractivity contribution in [3.05, 3.63) is 22.7 Å². The predicted molar refractivity (Wildman–Crippen MR) is 72.8 cm³/mol. The van der Waals surface area contributed by atoms with Gasteiger partial charge >= 0.3 is 0 Å². The topological polar surface area (TPSA) is 46.3 Å². The van der Waals surface area contributed by atoms with Crippen LogP contribution >= 0.6 is 31.9 Å². The molecular weight excluding hydrogens is 336 g/mol. The van der Waals surface area contributed by atoms with E-state index in [0.717, 1.165) is 22.0 Å². The number of benzene rings is 1. The summed E-state index contributed by atoms with van der Waals surface area (Å²) in [6.45, 7) is 0.746. The summed E-state index contributed by atoms with van der Waals surface area (Å²) in [5, 5.41) is 0.853. The van der Waals surface area contributed by atoms with Crippen LogP contribution in [-0.2, 0) is 4.79 Å². The van der Waals surface area contributed by atoms with E-state index in [0.29, 0.717) is 18.0 Å². The molecule has 1 unspecified atom stereocenters.